The number of allylic oxidation sites excluding steroid dienone is 2. The van der Waals surface area contributed by atoms with Crippen molar-refractivity contribution >= 4 is 12.6 Å². The molecule has 0 unspecified atom stereocenters. The van der Waals surface area contributed by atoms with Crippen molar-refractivity contribution in [1.29, 1.82) is 0 Å². The molecule has 0 saturated carbocycles. The molecule has 0 aromatic heterocycles. The van der Waals surface area contributed by atoms with Crippen LogP contribution < -0.4 is 5.46 Å². The third-order valence-corrected chi connectivity index (χ3v) is 7.16. The van der Waals surface area contributed by atoms with Crippen LogP contribution in [0.5, 0.6) is 0 Å². The van der Waals surface area contributed by atoms with Gasteiger partial charge in [0, 0.05) is 31.8 Å². The molecular weight excluding hydrogens is 429 g/mol. The van der Waals surface area contributed by atoms with Crippen molar-refractivity contribution in [3.63, 3.8) is 0 Å². The van der Waals surface area contributed by atoms with E-state index >= 15 is 0 Å². The molecule has 2 rings (SSSR count). The third-order valence-electron chi connectivity index (χ3n) is 7.16. The van der Waals surface area contributed by atoms with Gasteiger partial charge in [0.15, 0.2) is 0 Å². The van der Waals surface area contributed by atoms with Crippen LogP contribution in [-0.2, 0) is 4.65 Å². The molecule has 3 nitrogen and oxygen atoms in total. The lowest BCUT2D eigenvalue weighted by atomic mass is 9.80. The number of hydrogen-bond acceptors (Lipinski definition) is 3. The zero-order valence-corrected chi connectivity index (χ0v) is 22.6. The zero-order chi connectivity index (χ0) is 24.8. The number of rotatable bonds is 22. The van der Waals surface area contributed by atoms with Crippen LogP contribution in [0, 0.1) is 0 Å². The van der Waals surface area contributed by atoms with Crippen molar-refractivity contribution in [2.24, 2.45) is 0 Å². The lowest BCUT2D eigenvalue weighted by Gasteiger charge is -2.28. The molecule has 0 bridgehead atoms. The fourth-order valence-corrected chi connectivity index (χ4v) is 4.91. The molecule has 0 saturated heterocycles. The van der Waals surface area contributed by atoms with Crippen LogP contribution in [0.1, 0.15) is 116 Å². The van der Waals surface area contributed by atoms with Gasteiger partial charge in [-0.3, -0.25) is 0 Å². The van der Waals surface area contributed by atoms with Gasteiger partial charge in [-0.25, -0.2) is 0 Å². The van der Waals surface area contributed by atoms with Gasteiger partial charge < -0.3 is 14.6 Å². The van der Waals surface area contributed by atoms with E-state index in [1.54, 1.807) is 0 Å². The molecule has 196 valence electrons. The predicted molar refractivity (Wildman–Crippen MR) is 153 cm³/mol. The Morgan fingerprint density at radius 2 is 1.31 bits per heavy atom. The van der Waals surface area contributed by atoms with E-state index in [2.05, 4.69) is 30.1 Å². The van der Waals surface area contributed by atoms with E-state index in [-0.39, 0.29) is 0 Å². The first-order valence-electron chi connectivity index (χ1n) is 14.8. The standard InChI is InChI=1S/C31H52BNO2/c1-2-3-4-5-6-7-8-9-10-11-12-13-14-15-16-21-27-33-28-22-20-25-31(33)26-29-35-32(34)30-23-18-17-19-24-30/h17-20,22-25,34H,2-16,21,26-29H2,1H3. The van der Waals surface area contributed by atoms with Crippen LogP contribution in [0.4, 0.5) is 0 Å². The highest BCUT2D eigenvalue weighted by Crippen LogP contribution is 2.17. The number of nitrogens with zero attached hydrogens (tertiary/aromatic N) is 1. The van der Waals surface area contributed by atoms with E-state index in [1.807, 2.05) is 30.3 Å². The van der Waals surface area contributed by atoms with Crippen molar-refractivity contribution in [2.75, 3.05) is 19.7 Å². The smallest absolute Gasteiger partial charge is 0.423 e. The minimum absolute atomic E-state index is 0.533. The maximum absolute atomic E-state index is 10.2. The van der Waals surface area contributed by atoms with E-state index in [9.17, 15) is 5.02 Å². The molecule has 0 amide bonds. The molecule has 1 aromatic carbocycles. The summed E-state index contributed by atoms with van der Waals surface area (Å²) >= 11 is 0. The first-order valence-corrected chi connectivity index (χ1v) is 14.8. The second-order valence-electron chi connectivity index (χ2n) is 10.2. The fraction of sp³-hybridized carbons (Fsp3) is 0.677. The highest BCUT2D eigenvalue weighted by atomic mass is 16.5. The molecule has 0 spiro atoms. The second kappa shape index (κ2) is 20.7. The van der Waals surface area contributed by atoms with Gasteiger partial charge in [-0.2, -0.15) is 0 Å². The molecule has 35 heavy (non-hydrogen) atoms. The molecule has 1 aliphatic heterocycles. The molecule has 1 heterocycles. The summed E-state index contributed by atoms with van der Waals surface area (Å²) in [4.78, 5) is 2.47. The Balaban J connectivity index is 1.41. The van der Waals surface area contributed by atoms with Crippen molar-refractivity contribution in [2.45, 2.75) is 116 Å². The quantitative estimate of drug-likeness (QED) is 0.135. The van der Waals surface area contributed by atoms with Crippen molar-refractivity contribution in [1.82, 2.24) is 4.90 Å². The minimum atomic E-state index is -0.843. The van der Waals surface area contributed by atoms with Crippen LogP contribution >= 0.6 is 0 Å². The SMILES string of the molecule is CCCCCCCCCCCCCCCCCCN1CC=CC=C1CCOB(O)c1ccccc1. The van der Waals surface area contributed by atoms with Crippen LogP contribution in [0.3, 0.4) is 0 Å². The molecule has 1 aliphatic rings. The van der Waals surface area contributed by atoms with Crippen molar-refractivity contribution in [3.05, 3.63) is 54.3 Å². The summed E-state index contributed by atoms with van der Waals surface area (Å²) in [5, 5.41) is 10.2. The first kappa shape index (κ1) is 29.7. The molecule has 0 atom stereocenters. The lowest BCUT2D eigenvalue weighted by Crippen LogP contribution is -2.34. The second-order valence-corrected chi connectivity index (χ2v) is 10.2. The number of hydrogen-bond donors (Lipinski definition) is 1. The Morgan fingerprint density at radius 3 is 1.89 bits per heavy atom. The fourth-order valence-electron chi connectivity index (χ4n) is 4.91. The molecule has 0 fully saturated rings. The van der Waals surface area contributed by atoms with E-state index in [4.69, 9.17) is 4.65 Å². The third kappa shape index (κ3) is 14.6. The van der Waals surface area contributed by atoms with E-state index in [1.165, 1.54) is 108 Å². The van der Waals surface area contributed by atoms with Crippen LogP contribution in [0.15, 0.2) is 54.3 Å². The van der Waals surface area contributed by atoms with E-state index < -0.39 is 7.12 Å². The molecular formula is C31H52BNO2. The van der Waals surface area contributed by atoms with Gasteiger partial charge in [-0.15, -0.1) is 0 Å². The van der Waals surface area contributed by atoms with Gasteiger partial charge in [-0.05, 0) is 18.0 Å². The number of benzene rings is 1. The Bertz CT molecular complexity index is 676. The van der Waals surface area contributed by atoms with Gasteiger partial charge in [0.25, 0.3) is 0 Å². The highest BCUT2D eigenvalue weighted by molar-refractivity contribution is 6.59. The molecule has 4 heteroatoms. The summed E-state index contributed by atoms with van der Waals surface area (Å²) in [7, 11) is -0.843. The summed E-state index contributed by atoms with van der Waals surface area (Å²) in [5.41, 5.74) is 2.14. The van der Waals surface area contributed by atoms with Crippen molar-refractivity contribution in [3.8, 4) is 0 Å². The van der Waals surface area contributed by atoms with Gasteiger partial charge in [0.05, 0.1) is 0 Å². The summed E-state index contributed by atoms with van der Waals surface area (Å²) in [6, 6.07) is 9.60. The van der Waals surface area contributed by atoms with Gasteiger partial charge >= 0.3 is 7.12 Å². The van der Waals surface area contributed by atoms with E-state index in [0.717, 1.165) is 25.0 Å². The first-order chi connectivity index (χ1) is 17.3. The van der Waals surface area contributed by atoms with Crippen molar-refractivity contribution < 1.29 is 9.68 Å². The van der Waals surface area contributed by atoms with Crippen LogP contribution in [-0.4, -0.2) is 36.7 Å². The Morgan fingerprint density at radius 1 is 0.771 bits per heavy atom. The molecule has 1 N–H and O–H groups in total. The minimum Gasteiger partial charge on any atom is -0.423 e. The predicted octanol–water partition coefficient (Wildman–Crippen LogP) is 7.80. The normalized spacial score (nSPS) is 13.3. The maximum Gasteiger partial charge on any atom is 0.491 e. The average molecular weight is 482 g/mol. The largest absolute Gasteiger partial charge is 0.491 e. The number of unbranched alkanes of at least 4 members (excludes halogenated alkanes) is 15. The topological polar surface area (TPSA) is 32.7 Å². The highest BCUT2D eigenvalue weighted by Gasteiger charge is 2.17. The maximum atomic E-state index is 10.2. The van der Waals surface area contributed by atoms with Crippen LogP contribution in [0.2, 0.25) is 0 Å². The monoisotopic (exact) mass is 481 g/mol. The summed E-state index contributed by atoms with van der Waals surface area (Å²) in [6.07, 6.45) is 30.0. The van der Waals surface area contributed by atoms with E-state index in [0.29, 0.717) is 6.61 Å². The Hall–Kier alpha value is -1.52. The Labute approximate surface area is 217 Å². The molecule has 1 aromatic rings. The molecule has 0 radical (unpaired) electrons. The lowest BCUT2D eigenvalue weighted by molar-refractivity contribution is 0.254. The van der Waals surface area contributed by atoms with Gasteiger partial charge in [-0.1, -0.05) is 146 Å². The van der Waals surface area contributed by atoms with Crippen LogP contribution in [0.25, 0.3) is 0 Å². The summed E-state index contributed by atoms with van der Waals surface area (Å²) in [5.74, 6) is 0. The van der Waals surface area contributed by atoms with Gasteiger partial charge in [0.2, 0.25) is 0 Å². The Kier molecular flexibility index (Phi) is 17.5. The summed E-state index contributed by atoms with van der Waals surface area (Å²) in [6.45, 7) is 4.94. The molecule has 0 aliphatic carbocycles. The average Bonchev–Trinajstić information content (AvgIpc) is 2.89. The van der Waals surface area contributed by atoms with Gasteiger partial charge in [0.1, 0.15) is 0 Å². The summed E-state index contributed by atoms with van der Waals surface area (Å²) < 4.78 is 5.68. The zero-order valence-electron chi connectivity index (χ0n) is 22.6.